The van der Waals surface area contributed by atoms with Crippen molar-refractivity contribution in [2.24, 2.45) is 11.8 Å². The third-order valence-corrected chi connectivity index (χ3v) is 6.92. The van der Waals surface area contributed by atoms with Crippen molar-refractivity contribution in [2.75, 3.05) is 26.2 Å². The second-order valence-electron chi connectivity index (χ2n) is 11.0. The van der Waals surface area contributed by atoms with Gasteiger partial charge in [0.25, 0.3) is 0 Å². The van der Waals surface area contributed by atoms with Crippen molar-refractivity contribution in [1.29, 1.82) is 0 Å². The molecule has 2 saturated heterocycles. The Morgan fingerprint density at radius 1 is 0.821 bits per heavy atom. The van der Waals surface area contributed by atoms with Crippen molar-refractivity contribution in [3.05, 3.63) is 70.8 Å². The number of nitrogens with one attached hydrogen (secondary N) is 1. The van der Waals surface area contributed by atoms with Crippen LogP contribution in [0.25, 0.3) is 0 Å². The van der Waals surface area contributed by atoms with Crippen LogP contribution in [-0.4, -0.2) is 42.8 Å². The predicted octanol–water partition coefficient (Wildman–Crippen LogP) is 7.60. The van der Waals surface area contributed by atoms with Crippen LogP contribution in [0.2, 0.25) is 0 Å². The van der Waals surface area contributed by atoms with Crippen LogP contribution in [-0.2, 0) is 4.74 Å². The molecule has 39 heavy (non-hydrogen) atoms. The maximum Gasteiger partial charge on any atom is 0.410 e. The largest absolute Gasteiger partial charge is 0.444 e. The molecule has 2 aromatic carbocycles. The lowest BCUT2D eigenvalue weighted by Crippen LogP contribution is -2.42. The van der Waals surface area contributed by atoms with Crippen molar-refractivity contribution in [2.45, 2.75) is 64.4 Å². The van der Waals surface area contributed by atoms with Crippen LogP contribution in [0.5, 0.6) is 0 Å². The lowest BCUT2D eigenvalue weighted by Gasteiger charge is -2.34. The molecule has 2 fully saturated rings. The summed E-state index contributed by atoms with van der Waals surface area (Å²) < 4.78 is 86.5. The van der Waals surface area contributed by atoms with Crippen LogP contribution in [0, 0.1) is 35.1 Å². The first kappa shape index (κ1) is 30.8. The summed E-state index contributed by atoms with van der Waals surface area (Å²) in [7, 11) is 0. The summed E-state index contributed by atoms with van der Waals surface area (Å²) in [6.45, 7) is 7.60. The lowest BCUT2D eigenvalue weighted by atomic mass is 9.88. The molecule has 2 atom stereocenters. The molecule has 1 N–H and O–H groups in total. The molecule has 0 saturated carbocycles. The fourth-order valence-corrected chi connectivity index (χ4v) is 4.80. The summed E-state index contributed by atoms with van der Waals surface area (Å²) >= 11 is 0. The van der Waals surface area contributed by atoms with Gasteiger partial charge in [-0.25, -0.2) is 31.1 Å². The van der Waals surface area contributed by atoms with Crippen LogP contribution in [0.15, 0.2) is 36.4 Å². The smallest absolute Gasteiger partial charge is 0.410 e. The van der Waals surface area contributed by atoms with Gasteiger partial charge >= 0.3 is 6.09 Å². The summed E-state index contributed by atoms with van der Waals surface area (Å²) in [5.74, 6) is -3.61. The zero-order chi connectivity index (χ0) is 28.7. The second kappa shape index (κ2) is 13.5. The van der Waals surface area contributed by atoms with Crippen molar-refractivity contribution in [1.82, 2.24) is 10.2 Å². The van der Waals surface area contributed by atoms with Gasteiger partial charge in [0.1, 0.15) is 41.2 Å². The molecule has 0 aliphatic carbocycles. The van der Waals surface area contributed by atoms with Crippen LogP contribution in [0.4, 0.5) is 31.1 Å². The average Bonchev–Trinajstić information content (AvgIpc) is 2.88. The number of piperidine rings is 2. The first-order valence-corrected chi connectivity index (χ1v) is 13.2. The van der Waals surface area contributed by atoms with Crippen molar-refractivity contribution < 1.29 is 35.9 Å². The Labute approximate surface area is 225 Å². The minimum Gasteiger partial charge on any atom is -0.444 e. The highest BCUT2D eigenvalue weighted by Gasteiger charge is 2.32. The Morgan fingerprint density at radius 2 is 1.26 bits per heavy atom. The maximum atomic E-state index is 14.5. The number of ether oxygens (including phenoxy) is 1. The van der Waals surface area contributed by atoms with Gasteiger partial charge < -0.3 is 15.0 Å². The lowest BCUT2D eigenvalue weighted by molar-refractivity contribution is 0.0142. The molecule has 1 amide bonds. The van der Waals surface area contributed by atoms with E-state index in [1.807, 2.05) is 0 Å². The molecule has 2 heterocycles. The molecule has 2 aliphatic heterocycles. The Kier molecular flexibility index (Phi) is 10.7. The molecule has 10 heteroatoms. The number of nitrogens with zero attached hydrogens (tertiary/aromatic N) is 1. The molecule has 2 unspecified atom stereocenters. The number of halogens is 6. The van der Waals surface area contributed by atoms with E-state index in [0.29, 0.717) is 44.8 Å². The van der Waals surface area contributed by atoms with E-state index < -0.39 is 53.2 Å². The number of carbonyl (C=O) groups is 1. The van der Waals surface area contributed by atoms with E-state index >= 15 is 0 Å². The number of hydrogen-bond acceptors (Lipinski definition) is 3. The van der Waals surface area contributed by atoms with Gasteiger partial charge in [0, 0.05) is 36.3 Å². The molecule has 0 spiro atoms. The van der Waals surface area contributed by atoms with E-state index in [0.717, 1.165) is 37.4 Å². The average molecular weight is 559 g/mol. The zero-order valence-corrected chi connectivity index (χ0v) is 22.5. The quantitative estimate of drug-likeness (QED) is 0.393. The summed E-state index contributed by atoms with van der Waals surface area (Å²) in [6.07, 6.45) is -1.04. The van der Waals surface area contributed by atoms with Crippen LogP contribution >= 0.6 is 0 Å². The highest BCUT2D eigenvalue weighted by Crippen LogP contribution is 2.36. The van der Waals surface area contributed by atoms with Gasteiger partial charge in [-0.05, 0) is 83.5 Å². The number of benzene rings is 2. The van der Waals surface area contributed by atoms with Gasteiger partial charge in [0.15, 0.2) is 0 Å². The van der Waals surface area contributed by atoms with Crippen LogP contribution < -0.4 is 5.32 Å². The molecule has 4 rings (SSSR count). The van der Waals surface area contributed by atoms with Crippen LogP contribution in [0.1, 0.15) is 69.9 Å². The van der Waals surface area contributed by atoms with Gasteiger partial charge in [-0.1, -0.05) is 12.1 Å². The van der Waals surface area contributed by atoms with Crippen molar-refractivity contribution >= 4 is 6.09 Å². The number of likely N-dealkylation sites (tertiary alicyclic amines) is 1. The zero-order valence-electron chi connectivity index (χ0n) is 22.5. The van der Waals surface area contributed by atoms with E-state index in [9.17, 15) is 31.1 Å². The molecule has 0 radical (unpaired) electrons. The normalized spacial score (nSPS) is 18.6. The Bertz CT molecular complexity index is 1100. The number of amides is 1. The predicted molar refractivity (Wildman–Crippen MR) is 137 cm³/mol. The number of carbonyl (C=O) groups excluding carboxylic acids is 1. The molecule has 0 aromatic heterocycles. The first-order valence-electron chi connectivity index (χ1n) is 13.2. The SMILES string of the molecule is CC(C)(C)OC(=O)N1CCC(C(F)c2ccc(F)cc2F)CC1.Fc1ccc(C(F)C2CCNCC2)c(F)c1. The van der Waals surface area contributed by atoms with E-state index in [2.05, 4.69) is 5.32 Å². The van der Waals surface area contributed by atoms with Gasteiger partial charge in [-0.3, -0.25) is 0 Å². The Hall–Kier alpha value is -2.75. The molecule has 2 aromatic rings. The van der Waals surface area contributed by atoms with Crippen molar-refractivity contribution in [3.63, 3.8) is 0 Å². The molecule has 2 aliphatic rings. The molecule has 0 bridgehead atoms. The number of hydrogen-bond donors (Lipinski definition) is 1. The minimum absolute atomic E-state index is 0.0201. The highest BCUT2D eigenvalue weighted by atomic mass is 19.2. The standard InChI is InChI=1S/C17H22F3NO2.C12H14F3N/c1-17(2,3)23-16(22)21-8-6-11(7-9-21)15(20)13-5-4-12(18)10-14(13)19;13-9-1-2-10(11(14)7-9)12(15)8-3-5-16-6-4-8/h4-5,10-11,15H,6-9H2,1-3H3;1-2,7-8,12,16H,3-6H2. The summed E-state index contributed by atoms with van der Waals surface area (Å²) in [6, 6.07) is 5.95. The number of alkyl halides is 2. The van der Waals surface area contributed by atoms with Gasteiger partial charge in [-0.15, -0.1) is 0 Å². The van der Waals surface area contributed by atoms with Gasteiger partial charge in [0.05, 0.1) is 0 Å². The highest BCUT2D eigenvalue weighted by molar-refractivity contribution is 5.68. The van der Waals surface area contributed by atoms with E-state index in [4.69, 9.17) is 4.74 Å². The summed E-state index contributed by atoms with van der Waals surface area (Å²) in [4.78, 5) is 13.5. The van der Waals surface area contributed by atoms with Crippen LogP contribution in [0.3, 0.4) is 0 Å². The third kappa shape index (κ3) is 8.88. The third-order valence-electron chi connectivity index (χ3n) is 6.92. The Balaban J connectivity index is 0.000000230. The fourth-order valence-electron chi connectivity index (χ4n) is 4.80. The minimum atomic E-state index is -1.50. The second-order valence-corrected chi connectivity index (χ2v) is 11.0. The summed E-state index contributed by atoms with van der Waals surface area (Å²) in [5.41, 5.74) is -0.719. The van der Waals surface area contributed by atoms with Crippen molar-refractivity contribution in [3.8, 4) is 0 Å². The summed E-state index contributed by atoms with van der Waals surface area (Å²) in [5, 5.41) is 3.12. The fraction of sp³-hybridized carbons (Fsp3) is 0.552. The Morgan fingerprint density at radius 3 is 1.67 bits per heavy atom. The topological polar surface area (TPSA) is 41.6 Å². The maximum absolute atomic E-state index is 14.5. The monoisotopic (exact) mass is 558 g/mol. The first-order chi connectivity index (χ1) is 18.4. The van der Waals surface area contributed by atoms with E-state index in [1.165, 1.54) is 11.0 Å². The molecule has 4 nitrogen and oxygen atoms in total. The van der Waals surface area contributed by atoms with Gasteiger partial charge in [0.2, 0.25) is 0 Å². The molecular formula is C29H36F6N2O2. The molecular weight excluding hydrogens is 522 g/mol. The molecule has 216 valence electrons. The number of rotatable bonds is 4. The van der Waals surface area contributed by atoms with Gasteiger partial charge in [-0.2, -0.15) is 0 Å². The van der Waals surface area contributed by atoms with E-state index in [1.54, 1.807) is 20.8 Å². The van der Waals surface area contributed by atoms with E-state index in [-0.39, 0.29) is 17.0 Å².